The van der Waals surface area contributed by atoms with Gasteiger partial charge in [0.15, 0.2) is 0 Å². The molecule has 192 valence electrons. The highest BCUT2D eigenvalue weighted by Gasteiger charge is 2.36. The Morgan fingerprint density at radius 2 is 2.00 bits per heavy atom. The van der Waals surface area contributed by atoms with Gasteiger partial charge in [-0.05, 0) is 47.3 Å². The van der Waals surface area contributed by atoms with E-state index in [0.29, 0.717) is 33.4 Å². The quantitative estimate of drug-likeness (QED) is 0.348. The van der Waals surface area contributed by atoms with E-state index in [2.05, 4.69) is 20.6 Å². The normalized spacial score (nSPS) is 14.9. The van der Waals surface area contributed by atoms with Crippen molar-refractivity contribution in [3.8, 4) is 5.75 Å². The van der Waals surface area contributed by atoms with E-state index in [-0.39, 0.29) is 35.4 Å². The summed E-state index contributed by atoms with van der Waals surface area (Å²) in [5.74, 6) is -0.133. The molecule has 4 heterocycles. The molecule has 1 unspecified atom stereocenters. The van der Waals surface area contributed by atoms with Crippen molar-refractivity contribution in [2.75, 3.05) is 17.7 Å². The van der Waals surface area contributed by atoms with E-state index in [1.807, 2.05) is 12.1 Å². The zero-order valence-corrected chi connectivity index (χ0v) is 21.8. The van der Waals surface area contributed by atoms with Gasteiger partial charge in [0.2, 0.25) is 5.91 Å². The van der Waals surface area contributed by atoms with Gasteiger partial charge in [-0.15, -0.1) is 11.3 Å². The van der Waals surface area contributed by atoms with Gasteiger partial charge in [-0.1, -0.05) is 23.7 Å². The summed E-state index contributed by atoms with van der Waals surface area (Å²) in [5.41, 5.74) is 2.09. The third kappa shape index (κ3) is 5.36. The van der Waals surface area contributed by atoms with Crippen molar-refractivity contribution in [1.29, 1.82) is 0 Å². The van der Waals surface area contributed by atoms with Gasteiger partial charge in [0.25, 0.3) is 11.8 Å². The molecular formula is C27H22ClN5O4S. The second-order valence-electron chi connectivity index (χ2n) is 8.48. The van der Waals surface area contributed by atoms with E-state index in [0.717, 1.165) is 0 Å². The Hall–Kier alpha value is -4.28. The first kappa shape index (κ1) is 25.4. The number of nitrogens with zero attached hydrogens (tertiary/aromatic N) is 3. The van der Waals surface area contributed by atoms with Crippen molar-refractivity contribution in [2.45, 2.75) is 19.0 Å². The molecule has 1 aromatic carbocycles. The third-order valence-electron chi connectivity index (χ3n) is 6.03. The Morgan fingerprint density at radius 1 is 1.13 bits per heavy atom. The monoisotopic (exact) mass is 547 g/mol. The molecular weight excluding hydrogens is 526 g/mol. The lowest BCUT2D eigenvalue weighted by Gasteiger charge is -2.28. The minimum Gasteiger partial charge on any atom is -0.497 e. The minimum atomic E-state index is -0.794. The maximum atomic E-state index is 13.6. The zero-order chi connectivity index (χ0) is 26.6. The molecule has 11 heteroatoms. The number of carbonyl (C=O) groups is 3. The Bertz CT molecular complexity index is 1510. The molecule has 0 bridgehead atoms. The van der Waals surface area contributed by atoms with Gasteiger partial charge in [0.05, 0.1) is 23.4 Å². The van der Waals surface area contributed by atoms with Crippen molar-refractivity contribution in [1.82, 2.24) is 14.9 Å². The van der Waals surface area contributed by atoms with Crippen LogP contribution in [0.3, 0.4) is 0 Å². The number of ether oxygens (including phenoxy) is 1. The van der Waals surface area contributed by atoms with Crippen LogP contribution in [0.25, 0.3) is 0 Å². The highest BCUT2D eigenvalue weighted by Crippen LogP contribution is 2.31. The number of carbonyl (C=O) groups excluding carboxylic acids is 3. The van der Waals surface area contributed by atoms with Gasteiger partial charge in [0.1, 0.15) is 22.5 Å². The highest BCUT2D eigenvalue weighted by molar-refractivity contribution is 7.12. The number of thiophene rings is 1. The fourth-order valence-corrected chi connectivity index (χ4v) is 5.23. The summed E-state index contributed by atoms with van der Waals surface area (Å²) in [6, 6.07) is 14.6. The van der Waals surface area contributed by atoms with Crippen LogP contribution in [-0.2, 0) is 17.8 Å². The largest absolute Gasteiger partial charge is 0.497 e. The van der Waals surface area contributed by atoms with Gasteiger partial charge in [-0.2, -0.15) is 0 Å². The summed E-state index contributed by atoms with van der Waals surface area (Å²) in [5, 5.41) is 7.54. The summed E-state index contributed by atoms with van der Waals surface area (Å²) in [6.45, 7) is 0.111. The number of rotatable bonds is 7. The van der Waals surface area contributed by atoms with Gasteiger partial charge in [-0.3, -0.25) is 19.4 Å². The predicted molar refractivity (Wildman–Crippen MR) is 145 cm³/mol. The molecule has 5 rings (SSSR count). The van der Waals surface area contributed by atoms with Gasteiger partial charge in [-0.25, -0.2) is 4.98 Å². The fraction of sp³-hybridized carbons (Fsp3) is 0.148. The van der Waals surface area contributed by atoms with Crippen molar-refractivity contribution in [3.05, 3.63) is 99.1 Å². The van der Waals surface area contributed by atoms with Crippen LogP contribution < -0.4 is 15.4 Å². The Labute approximate surface area is 227 Å². The maximum absolute atomic E-state index is 13.6. The van der Waals surface area contributed by atoms with Crippen LogP contribution in [0.4, 0.5) is 11.5 Å². The Balaban J connectivity index is 1.40. The molecule has 4 aromatic rings. The molecule has 2 N–H and O–H groups in total. The molecule has 0 saturated carbocycles. The first-order chi connectivity index (χ1) is 18.4. The Morgan fingerprint density at radius 3 is 2.76 bits per heavy atom. The number of hydrogen-bond acceptors (Lipinski definition) is 7. The van der Waals surface area contributed by atoms with Crippen LogP contribution in [0.5, 0.6) is 5.75 Å². The predicted octanol–water partition coefficient (Wildman–Crippen LogP) is 4.66. The molecule has 0 radical (unpaired) electrons. The van der Waals surface area contributed by atoms with Crippen molar-refractivity contribution in [2.24, 2.45) is 0 Å². The summed E-state index contributed by atoms with van der Waals surface area (Å²) >= 11 is 7.77. The topological polar surface area (TPSA) is 114 Å². The molecule has 1 atom stereocenters. The standard InChI is InChI=1S/C27H22ClN5O4S/c1-37-18-7-10-30-23(14-18)32-25(34)19-6-5-16(12-20(19)28)15-33-22(13-17-4-2-3-9-29-17)26(35)31-21-8-11-38-24(21)27(33)36/h2-12,14,22H,13,15H2,1H3,(H,31,35)(H,30,32,34). The number of amides is 3. The van der Waals surface area contributed by atoms with Crippen LogP contribution in [0.2, 0.25) is 5.02 Å². The fourth-order valence-electron chi connectivity index (χ4n) is 4.13. The number of anilines is 2. The number of fused-ring (bicyclic) bond motifs is 1. The number of benzene rings is 1. The lowest BCUT2D eigenvalue weighted by atomic mass is 10.1. The first-order valence-electron chi connectivity index (χ1n) is 11.6. The van der Waals surface area contributed by atoms with Crippen molar-refractivity contribution in [3.63, 3.8) is 0 Å². The number of pyridine rings is 2. The van der Waals surface area contributed by atoms with E-state index in [1.54, 1.807) is 54.0 Å². The van der Waals surface area contributed by atoms with E-state index in [1.165, 1.54) is 29.5 Å². The third-order valence-corrected chi connectivity index (χ3v) is 7.24. The summed E-state index contributed by atoms with van der Waals surface area (Å²) in [7, 11) is 1.52. The number of aromatic nitrogens is 2. The Kier molecular flexibility index (Phi) is 7.34. The second kappa shape index (κ2) is 11.0. The van der Waals surface area contributed by atoms with E-state index in [4.69, 9.17) is 16.3 Å². The highest BCUT2D eigenvalue weighted by atomic mass is 35.5. The van der Waals surface area contributed by atoms with Crippen LogP contribution >= 0.6 is 22.9 Å². The van der Waals surface area contributed by atoms with Crippen molar-refractivity contribution < 1.29 is 19.1 Å². The second-order valence-corrected chi connectivity index (χ2v) is 9.80. The lowest BCUT2D eigenvalue weighted by molar-refractivity contribution is -0.120. The minimum absolute atomic E-state index is 0.111. The van der Waals surface area contributed by atoms with Crippen molar-refractivity contribution >= 4 is 52.2 Å². The number of halogens is 1. The molecule has 0 aliphatic carbocycles. The van der Waals surface area contributed by atoms with Gasteiger partial charge in [0, 0.05) is 37.1 Å². The van der Waals surface area contributed by atoms with Crippen LogP contribution in [0, 0.1) is 0 Å². The van der Waals surface area contributed by atoms with Gasteiger partial charge >= 0.3 is 0 Å². The number of methoxy groups -OCH3 is 1. The molecule has 38 heavy (non-hydrogen) atoms. The molecule has 0 fully saturated rings. The number of nitrogens with one attached hydrogen (secondary N) is 2. The molecule has 0 spiro atoms. The van der Waals surface area contributed by atoms with E-state index >= 15 is 0 Å². The van der Waals surface area contributed by atoms with Crippen LogP contribution in [0.1, 0.15) is 31.3 Å². The summed E-state index contributed by atoms with van der Waals surface area (Å²) in [6.07, 6.45) is 3.42. The van der Waals surface area contributed by atoms with Crippen LogP contribution in [-0.4, -0.2) is 45.7 Å². The van der Waals surface area contributed by atoms with E-state index < -0.39 is 11.9 Å². The smallest absolute Gasteiger partial charge is 0.267 e. The maximum Gasteiger partial charge on any atom is 0.267 e. The van der Waals surface area contributed by atoms with Crippen LogP contribution in [0.15, 0.2) is 72.4 Å². The molecule has 9 nitrogen and oxygen atoms in total. The molecule has 0 saturated heterocycles. The molecule has 3 amide bonds. The first-order valence-corrected chi connectivity index (χ1v) is 12.9. The molecule has 1 aliphatic heterocycles. The van der Waals surface area contributed by atoms with E-state index in [9.17, 15) is 14.4 Å². The number of hydrogen-bond donors (Lipinski definition) is 2. The summed E-state index contributed by atoms with van der Waals surface area (Å²) < 4.78 is 5.16. The lowest BCUT2D eigenvalue weighted by Crippen LogP contribution is -2.46. The average Bonchev–Trinajstić information content (AvgIpc) is 3.36. The zero-order valence-electron chi connectivity index (χ0n) is 20.2. The summed E-state index contributed by atoms with van der Waals surface area (Å²) in [4.78, 5) is 50.1. The molecule has 3 aromatic heterocycles. The SMILES string of the molecule is COc1ccnc(NC(=O)c2ccc(CN3C(=O)c4sccc4NC(=O)C3Cc3ccccn3)cc2Cl)c1. The average molecular weight is 548 g/mol. The molecule has 1 aliphatic rings. The van der Waals surface area contributed by atoms with Gasteiger partial charge < -0.3 is 20.3 Å².